The number of nitrogens with one attached hydrogen (secondary N) is 1. The summed E-state index contributed by atoms with van der Waals surface area (Å²) in [5.74, 6) is -1.44. The van der Waals surface area contributed by atoms with E-state index in [9.17, 15) is 14.7 Å². The summed E-state index contributed by atoms with van der Waals surface area (Å²) in [5, 5.41) is 12.8. The number of carbonyl (C=O) groups is 2. The van der Waals surface area contributed by atoms with E-state index >= 15 is 0 Å². The highest BCUT2D eigenvalue weighted by Gasteiger charge is 2.06. The molecule has 0 radical (unpaired) electrons. The monoisotopic (exact) mass is 260 g/mol. The molecule has 0 saturated carbocycles. The zero-order valence-electron chi connectivity index (χ0n) is 12.0. The number of carbonyl (C=O) groups excluding carboxylic acids is 2. The molecule has 0 aromatic rings. The van der Waals surface area contributed by atoms with Crippen molar-refractivity contribution < 1.29 is 14.7 Å². The third-order valence-corrected chi connectivity index (χ3v) is 2.74. The van der Waals surface area contributed by atoms with Crippen LogP contribution in [0, 0.1) is 0 Å². The zero-order valence-corrected chi connectivity index (χ0v) is 12.0. The Morgan fingerprint density at radius 2 is 1.56 bits per heavy atom. The molecule has 0 unspecified atom stereocenters. The van der Waals surface area contributed by atoms with Gasteiger partial charge >= 0.3 is 0 Å². The second-order valence-corrected chi connectivity index (χ2v) is 4.48. The van der Waals surface area contributed by atoms with E-state index in [2.05, 4.69) is 12.2 Å². The van der Waals surface area contributed by atoms with E-state index in [1.807, 2.05) is 0 Å². The first-order chi connectivity index (χ1) is 8.07. The van der Waals surface area contributed by atoms with Gasteiger partial charge in [-0.15, -0.1) is 0 Å². The Balaban J connectivity index is 0. The number of quaternary nitrogens is 1. The van der Waals surface area contributed by atoms with Crippen molar-refractivity contribution in [3.63, 3.8) is 0 Å². The average Bonchev–Trinajstić information content (AvgIpc) is 2.27. The van der Waals surface area contributed by atoms with Crippen molar-refractivity contribution in [1.82, 2.24) is 11.5 Å². The summed E-state index contributed by atoms with van der Waals surface area (Å²) in [4.78, 5) is 21.7. The van der Waals surface area contributed by atoms with Crippen LogP contribution in [0.15, 0.2) is 0 Å². The number of carboxylic acid groups (broad SMARTS) is 1. The highest BCUT2D eigenvalue weighted by atomic mass is 16.4. The molecule has 0 aromatic carbocycles. The molecule has 5 nitrogen and oxygen atoms in total. The molecule has 108 valence electrons. The molecule has 18 heavy (non-hydrogen) atoms. The largest absolute Gasteiger partial charge is 0.548 e. The maximum atomic E-state index is 11.3. The lowest BCUT2D eigenvalue weighted by Crippen LogP contribution is -2.45. The first-order valence-corrected chi connectivity index (χ1v) is 6.58. The van der Waals surface area contributed by atoms with Gasteiger partial charge in [0.05, 0.1) is 12.0 Å². The van der Waals surface area contributed by atoms with Gasteiger partial charge in [-0.3, -0.25) is 4.79 Å². The van der Waals surface area contributed by atoms with Crippen LogP contribution in [0.1, 0.15) is 65.2 Å². The lowest BCUT2D eigenvalue weighted by Gasteiger charge is -2.14. The molecule has 1 amide bonds. The maximum Gasteiger partial charge on any atom is 0.220 e. The van der Waals surface area contributed by atoms with Crippen molar-refractivity contribution in [2.24, 2.45) is 0 Å². The molecule has 0 aromatic heterocycles. The van der Waals surface area contributed by atoms with E-state index < -0.39 is 12.0 Å². The summed E-state index contributed by atoms with van der Waals surface area (Å²) in [5.41, 5.74) is 0. The fourth-order valence-electron chi connectivity index (χ4n) is 1.62. The Hall–Kier alpha value is -1.10. The first-order valence-electron chi connectivity index (χ1n) is 6.58. The molecular weight excluding hydrogens is 232 g/mol. The van der Waals surface area contributed by atoms with Gasteiger partial charge in [0.1, 0.15) is 0 Å². The van der Waals surface area contributed by atoms with Crippen LogP contribution in [-0.2, 0) is 9.59 Å². The van der Waals surface area contributed by atoms with Crippen molar-refractivity contribution >= 4 is 11.9 Å². The summed E-state index contributed by atoms with van der Waals surface area (Å²) in [6, 6.07) is -0.896. The Morgan fingerprint density at radius 3 is 2.06 bits per heavy atom. The number of amides is 1. The van der Waals surface area contributed by atoms with E-state index in [1.165, 1.54) is 32.6 Å². The Morgan fingerprint density at radius 1 is 1.06 bits per heavy atom. The number of unbranched alkanes of at least 4 members (excludes halogenated alkanes) is 6. The number of hydrogen-bond donors (Lipinski definition) is 2. The lowest BCUT2D eigenvalue weighted by molar-refractivity contribution is -0.307. The second-order valence-electron chi connectivity index (χ2n) is 4.48. The normalized spacial score (nSPS) is 11.4. The van der Waals surface area contributed by atoms with E-state index in [0.29, 0.717) is 6.42 Å². The number of hydrogen-bond acceptors (Lipinski definition) is 3. The summed E-state index contributed by atoms with van der Waals surface area (Å²) in [6.07, 6.45) is 8.45. The van der Waals surface area contributed by atoms with E-state index in [4.69, 9.17) is 0 Å². The fraction of sp³-hybridized carbons (Fsp3) is 0.846. The molecule has 0 bridgehead atoms. The van der Waals surface area contributed by atoms with Gasteiger partial charge in [0.25, 0.3) is 0 Å². The minimum atomic E-state index is -1.24. The van der Waals surface area contributed by atoms with Crippen molar-refractivity contribution in [3.05, 3.63) is 0 Å². The molecule has 0 heterocycles. The molecule has 1 atom stereocenters. The van der Waals surface area contributed by atoms with Crippen LogP contribution in [0.2, 0.25) is 0 Å². The summed E-state index contributed by atoms with van der Waals surface area (Å²) in [6.45, 7) is 3.60. The van der Waals surface area contributed by atoms with E-state index in [1.54, 1.807) is 0 Å². The maximum absolute atomic E-state index is 11.3. The molecule has 0 rings (SSSR count). The van der Waals surface area contributed by atoms with Crippen LogP contribution in [0.3, 0.4) is 0 Å². The third kappa shape index (κ3) is 11.4. The highest BCUT2D eigenvalue weighted by Crippen LogP contribution is 2.08. The predicted octanol–water partition coefficient (Wildman–Crippen LogP) is 1.76. The molecule has 0 fully saturated rings. The van der Waals surface area contributed by atoms with Crippen LogP contribution >= 0.6 is 0 Å². The molecular formula is C13H28N2O3. The minimum Gasteiger partial charge on any atom is -0.548 e. The van der Waals surface area contributed by atoms with E-state index in [0.717, 1.165) is 19.3 Å². The van der Waals surface area contributed by atoms with Crippen molar-refractivity contribution in [3.8, 4) is 0 Å². The van der Waals surface area contributed by atoms with Crippen molar-refractivity contribution in [1.29, 1.82) is 0 Å². The molecule has 0 saturated heterocycles. The Labute approximate surface area is 110 Å². The summed E-state index contributed by atoms with van der Waals surface area (Å²) < 4.78 is 0. The average molecular weight is 260 g/mol. The van der Waals surface area contributed by atoms with Gasteiger partial charge < -0.3 is 21.4 Å². The van der Waals surface area contributed by atoms with Crippen LogP contribution in [-0.4, -0.2) is 17.9 Å². The van der Waals surface area contributed by atoms with Crippen LogP contribution in [0.25, 0.3) is 0 Å². The third-order valence-electron chi connectivity index (χ3n) is 2.74. The molecule has 5 N–H and O–H groups in total. The van der Waals surface area contributed by atoms with Gasteiger partial charge in [-0.25, -0.2) is 0 Å². The molecule has 0 spiro atoms. The highest BCUT2D eigenvalue weighted by molar-refractivity contribution is 5.82. The lowest BCUT2D eigenvalue weighted by atomic mass is 10.1. The van der Waals surface area contributed by atoms with Crippen LogP contribution in [0.4, 0.5) is 0 Å². The first kappa shape index (κ1) is 19.2. The smallest absolute Gasteiger partial charge is 0.220 e. The molecule has 0 aliphatic heterocycles. The number of rotatable bonds is 10. The Bertz CT molecular complexity index is 232. The minimum absolute atomic E-state index is 0. The van der Waals surface area contributed by atoms with Crippen molar-refractivity contribution in [2.75, 3.05) is 0 Å². The molecule has 0 aliphatic rings. The van der Waals surface area contributed by atoms with Gasteiger partial charge in [-0.05, 0) is 13.3 Å². The molecule has 5 heteroatoms. The van der Waals surface area contributed by atoms with Gasteiger partial charge in [0, 0.05) is 6.42 Å². The molecule has 0 aliphatic carbocycles. The van der Waals surface area contributed by atoms with Crippen molar-refractivity contribution in [2.45, 2.75) is 71.3 Å². The standard InChI is InChI=1S/C13H25NO3.H3N/c1-3-4-5-6-7-8-9-10-12(15)14-11(2)13(16)17;/h11H,3-10H2,1-2H3,(H,14,15)(H,16,17);1H3/t11-;/m0./s1. The topological polar surface area (TPSA) is 106 Å². The van der Waals surface area contributed by atoms with Gasteiger partial charge in [-0.1, -0.05) is 45.4 Å². The van der Waals surface area contributed by atoms with Crippen LogP contribution < -0.4 is 16.6 Å². The fourth-order valence-corrected chi connectivity index (χ4v) is 1.62. The van der Waals surface area contributed by atoms with Gasteiger partial charge in [0.2, 0.25) is 5.91 Å². The summed E-state index contributed by atoms with van der Waals surface area (Å²) in [7, 11) is 0. The van der Waals surface area contributed by atoms with E-state index in [-0.39, 0.29) is 12.1 Å². The second kappa shape index (κ2) is 12.4. The summed E-state index contributed by atoms with van der Waals surface area (Å²) >= 11 is 0. The van der Waals surface area contributed by atoms with Gasteiger partial charge in [0.15, 0.2) is 0 Å². The van der Waals surface area contributed by atoms with Gasteiger partial charge in [-0.2, -0.15) is 0 Å². The van der Waals surface area contributed by atoms with Crippen LogP contribution in [0.5, 0.6) is 0 Å². The zero-order chi connectivity index (χ0) is 13.1. The number of carboxylic acids is 1. The predicted molar refractivity (Wildman–Crippen MR) is 71.2 cm³/mol. The SMILES string of the molecule is CCCCCCCCCC(=O)N[C@@H](C)C(=O)[O-].[NH4+]. The Kier molecular flexibility index (Phi) is 13.2. The number of aliphatic carboxylic acids is 1. The quantitative estimate of drug-likeness (QED) is 0.584.